The van der Waals surface area contributed by atoms with Crippen molar-refractivity contribution in [3.05, 3.63) is 39.9 Å². The van der Waals surface area contributed by atoms with Gasteiger partial charge in [0.25, 0.3) is 0 Å². The minimum atomic E-state index is 0. The van der Waals surface area contributed by atoms with Gasteiger partial charge in [0.2, 0.25) is 0 Å². The van der Waals surface area contributed by atoms with Gasteiger partial charge in [-0.2, -0.15) is 0 Å². The summed E-state index contributed by atoms with van der Waals surface area (Å²) in [7, 11) is 1.77. The lowest BCUT2D eigenvalue weighted by Crippen LogP contribution is -2.38. The topological polar surface area (TPSA) is 62.5 Å². The van der Waals surface area contributed by atoms with E-state index < -0.39 is 0 Å². The monoisotopic (exact) mass is 448 g/mol. The summed E-state index contributed by atoms with van der Waals surface area (Å²) in [6, 6.07) is 6.23. The minimum absolute atomic E-state index is 0. The average molecular weight is 448 g/mol. The van der Waals surface area contributed by atoms with E-state index in [9.17, 15) is 0 Å². The molecule has 7 heteroatoms. The molecule has 0 aromatic carbocycles. The summed E-state index contributed by atoms with van der Waals surface area (Å²) >= 11 is 1.78. The van der Waals surface area contributed by atoms with Gasteiger partial charge in [-0.05, 0) is 17.4 Å². The highest BCUT2D eigenvalue weighted by Gasteiger charge is 2.10. The third kappa shape index (κ3) is 6.14. The van der Waals surface area contributed by atoms with Crippen LogP contribution in [-0.4, -0.2) is 24.7 Å². The van der Waals surface area contributed by atoms with Crippen LogP contribution in [0.3, 0.4) is 0 Å². The molecule has 0 spiro atoms. The fourth-order valence-corrected chi connectivity index (χ4v) is 2.78. The summed E-state index contributed by atoms with van der Waals surface area (Å²) in [4.78, 5) is 5.61. The molecule has 1 atom stereocenters. The molecule has 2 rings (SSSR count). The summed E-state index contributed by atoms with van der Waals surface area (Å²) in [5.74, 6) is 2.42. The number of hydrogen-bond acceptors (Lipinski definition) is 4. The van der Waals surface area contributed by atoms with Crippen molar-refractivity contribution in [1.82, 2.24) is 15.8 Å². The predicted octanol–water partition coefficient (Wildman–Crippen LogP) is 3.95. The molecule has 0 amide bonds. The summed E-state index contributed by atoms with van der Waals surface area (Å²) in [6.07, 6.45) is 0. The molecule has 0 saturated heterocycles. The lowest BCUT2D eigenvalue weighted by atomic mass is 10.1. The van der Waals surface area contributed by atoms with E-state index in [-0.39, 0.29) is 24.0 Å². The molecule has 0 aliphatic heterocycles. The first-order valence-electron chi connectivity index (χ1n) is 7.53. The Kier molecular flexibility index (Phi) is 8.60. The Morgan fingerprint density at radius 1 is 1.35 bits per heavy atom. The van der Waals surface area contributed by atoms with Crippen molar-refractivity contribution in [1.29, 1.82) is 0 Å². The van der Waals surface area contributed by atoms with E-state index in [0.717, 1.165) is 24.0 Å². The van der Waals surface area contributed by atoms with Crippen LogP contribution < -0.4 is 10.6 Å². The highest BCUT2D eigenvalue weighted by Crippen LogP contribution is 2.19. The zero-order valence-corrected chi connectivity index (χ0v) is 17.1. The van der Waals surface area contributed by atoms with E-state index in [4.69, 9.17) is 4.52 Å². The lowest BCUT2D eigenvalue weighted by molar-refractivity contribution is 0.372. The number of guanidine groups is 1. The molecule has 2 heterocycles. The number of halogens is 1. The van der Waals surface area contributed by atoms with E-state index in [1.165, 1.54) is 4.88 Å². The molecule has 23 heavy (non-hydrogen) atoms. The Balaban J connectivity index is 0.00000264. The number of nitrogens with one attached hydrogen (secondary N) is 2. The Bertz CT molecular complexity index is 595. The molecule has 0 aliphatic carbocycles. The van der Waals surface area contributed by atoms with E-state index in [1.807, 2.05) is 6.07 Å². The molecule has 5 nitrogen and oxygen atoms in total. The van der Waals surface area contributed by atoms with Gasteiger partial charge in [-0.1, -0.05) is 32.0 Å². The second kappa shape index (κ2) is 9.92. The van der Waals surface area contributed by atoms with E-state index >= 15 is 0 Å². The van der Waals surface area contributed by atoms with Gasteiger partial charge >= 0.3 is 0 Å². The minimum Gasteiger partial charge on any atom is -0.359 e. The molecule has 0 saturated carbocycles. The number of aliphatic imine (C=N–C) groups is 1. The zero-order chi connectivity index (χ0) is 15.9. The van der Waals surface area contributed by atoms with Gasteiger partial charge in [-0.25, -0.2) is 0 Å². The van der Waals surface area contributed by atoms with Crippen molar-refractivity contribution in [2.45, 2.75) is 39.2 Å². The molecule has 1 unspecified atom stereocenters. The quantitative estimate of drug-likeness (QED) is 0.399. The summed E-state index contributed by atoms with van der Waals surface area (Å²) < 4.78 is 5.31. The fraction of sp³-hybridized carbons (Fsp3) is 0.500. The second-order valence-electron chi connectivity index (χ2n) is 5.60. The van der Waals surface area contributed by atoms with Crippen molar-refractivity contribution >= 4 is 41.3 Å². The molecule has 2 N–H and O–H groups in total. The first-order valence-corrected chi connectivity index (χ1v) is 8.41. The van der Waals surface area contributed by atoms with Crippen LogP contribution in [0.2, 0.25) is 0 Å². The maximum atomic E-state index is 5.31. The molecule has 0 radical (unpaired) electrons. The Hall–Kier alpha value is -1.09. The second-order valence-corrected chi connectivity index (χ2v) is 6.58. The standard InChI is InChI=1S/C16H24N4OS.HI/c1-11(2)14-8-13(21-20-14)10-19-16(17-4)18-9-12(3)15-6-5-7-22-15;/h5-8,11-12H,9-10H2,1-4H3,(H2,17,18,19);1H. The van der Waals surface area contributed by atoms with Crippen LogP contribution in [-0.2, 0) is 6.54 Å². The highest BCUT2D eigenvalue weighted by atomic mass is 127. The summed E-state index contributed by atoms with van der Waals surface area (Å²) in [5, 5.41) is 12.7. The smallest absolute Gasteiger partial charge is 0.191 e. The van der Waals surface area contributed by atoms with Gasteiger partial charge in [-0.15, -0.1) is 35.3 Å². The number of nitrogens with zero attached hydrogens (tertiary/aromatic N) is 2. The van der Waals surface area contributed by atoms with Gasteiger partial charge < -0.3 is 15.2 Å². The van der Waals surface area contributed by atoms with Crippen molar-refractivity contribution in [2.75, 3.05) is 13.6 Å². The van der Waals surface area contributed by atoms with E-state index in [0.29, 0.717) is 18.4 Å². The van der Waals surface area contributed by atoms with Crippen molar-refractivity contribution in [2.24, 2.45) is 4.99 Å². The van der Waals surface area contributed by atoms with Gasteiger partial charge in [0.05, 0.1) is 12.2 Å². The first kappa shape index (κ1) is 20.0. The van der Waals surface area contributed by atoms with Crippen molar-refractivity contribution < 1.29 is 4.52 Å². The normalized spacial score (nSPS) is 12.8. The van der Waals surface area contributed by atoms with Crippen LogP contribution in [0.4, 0.5) is 0 Å². The molecular formula is C16H25IN4OS. The van der Waals surface area contributed by atoms with Crippen LogP contribution in [0.5, 0.6) is 0 Å². The Labute approximate surface area is 159 Å². The Morgan fingerprint density at radius 3 is 2.70 bits per heavy atom. The number of hydrogen-bond donors (Lipinski definition) is 2. The third-order valence-corrected chi connectivity index (χ3v) is 4.53. The maximum absolute atomic E-state index is 5.31. The highest BCUT2D eigenvalue weighted by molar-refractivity contribution is 14.0. The van der Waals surface area contributed by atoms with Crippen LogP contribution in [0.1, 0.15) is 48.9 Å². The fourth-order valence-electron chi connectivity index (χ4n) is 2.00. The van der Waals surface area contributed by atoms with Crippen LogP contribution >= 0.6 is 35.3 Å². The van der Waals surface area contributed by atoms with E-state index in [1.54, 1.807) is 18.4 Å². The van der Waals surface area contributed by atoms with Crippen molar-refractivity contribution in [3.8, 4) is 0 Å². The molecule has 0 aliphatic rings. The zero-order valence-electron chi connectivity index (χ0n) is 14.0. The van der Waals surface area contributed by atoms with Crippen LogP contribution in [0.25, 0.3) is 0 Å². The molecular weight excluding hydrogens is 423 g/mol. The molecule has 0 bridgehead atoms. The number of aromatic nitrogens is 1. The largest absolute Gasteiger partial charge is 0.359 e. The number of rotatable bonds is 6. The van der Waals surface area contributed by atoms with Crippen LogP contribution in [0, 0.1) is 0 Å². The van der Waals surface area contributed by atoms with Gasteiger partial charge in [0.15, 0.2) is 11.7 Å². The summed E-state index contributed by atoms with van der Waals surface area (Å²) in [6.45, 7) is 7.82. The SMILES string of the molecule is CN=C(NCc1cc(C(C)C)no1)NCC(C)c1cccs1.I. The number of thiophene rings is 1. The Morgan fingerprint density at radius 2 is 2.13 bits per heavy atom. The molecule has 2 aromatic heterocycles. The lowest BCUT2D eigenvalue weighted by Gasteiger charge is -2.14. The van der Waals surface area contributed by atoms with Gasteiger partial charge in [0, 0.05) is 30.5 Å². The third-order valence-electron chi connectivity index (χ3n) is 3.43. The first-order chi connectivity index (χ1) is 10.6. The van der Waals surface area contributed by atoms with Gasteiger partial charge in [0.1, 0.15) is 0 Å². The predicted molar refractivity (Wildman–Crippen MR) is 107 cm³/mol. The summed E-state index contributed by atoms with van der Waals surface area (Å²) in [5.41, 5.74) is 0.978. The average Bonchev–Trinajstić information content (AvgIpc) is 3.18. The molecule has 0 fully saturated rings. The molecule has 2 aromatic rings. The maximum Gasteiger partial charge on any atom is 0.191 e. The van der Waals surface area contributed by atoms with E-state index in [2.05, 4.69) is 59.1 Å². The molecule has 128 valence electrons. The van der Waals surface area contributed by atoms with Crippen molar-refractivity contribution in [3.63, 3.8) is 0 Å². The van der Waals surface area contributed by atoms with Crippen LogP contribution in [0.15, 0.2) is 33.1 Å². The van der Waals surface area contributed by atoms with Gasteiger partial charge in [-0.3, -0.25) is 4.99 Å².